The molecule has 0 radical (unpaired) electrons. The average Bonchev–Trinajstić information content (AvgIpc) is 2.96. The molecule has 1 fully saturated rings. The number of nitrogens with one attached hydrogen (secondary N) is 1. The molecule has 0 spiro atoms. The second kappa shape index (κ2) is 5.29. The standard InChI is InChI=1S/C14H16N6/c1-10(7-15)6-11-2-4-20(5-3-11)14-12-13(17-8-16-12)18-9-19-14/h6,8-9,11H,2-5H2,1H3,(H,16,17,18,19)/b10-6-. The van der Waals surface area contributed by atoms with E-state index in [9.17, 15) is 0 Å². The van der Waals surface area contributed by atoms with Crippen LogP contribution in [-0.4, -0.2) is 33.0 Å². The first kappa shape index (κ1) is 12.6. The highest BCUT2D eigenvalue weighted by Gasteiger charge is 2.21. The average molecular weight is 268 g/mol. The summed E-state index contributed by atoms with van der Waals surface area (Å²) in [4.78, 5) is 18.0. The largest absolute Gasteiger partial charge is 0.355 e. The number of rotatable bonds is 2. The lowest BCUT2D eigenvalue weighted by atomic mass is 9.95. The van der Waals surface area contributed by atoms with E-state index < -0.39 is 0 Å². The Morgan fingerprint density at radius 3 is 2.95 bits per heavy atom. The number of aromatic amines is 1. The molecule has 1 aliphatic rings. The zero-order valence-corrected chi connectivity index (χ0v) is 11.4. The first-order valence-corrected chi connectivity index (χ1v) is 6.75. The number of nitriles is 1. The monoisotopic (exact) mass is 268 g/mol. The Hall–Kier alpha value is -2.42. The van der Waals surface area contributed by atoms with Crippen LogP contribution in [0.1, 0.15) is 19.8 Å². The van der Waals surface area contributed by atoms with Gasteiger partial charge in [-0.2, -0.15) is 5.26 Å². The molecule has 0 atom stereocenters. The maximum absolute atomic E-state index is 8.83. The minimum absolute atomic E-state index is 0.491. The summed E-state index contributed by atoms with van der Waals surface area (Å²) in [7, 11) is 0. The van der Waals surface area contributed by atoms with E-state index in [4.69, 9.17) is 5.26 Å². The molecular formula is C14H16N6. The van der Waals surface area contributed by atoms with Crippen molar-refractivity contribution < 1.29 is 0 Å². The van der Waals surface area contributed by atoms with Crippen molar-refractivity contribution in [1.82, 2.24) is 19.9 Å². The van der Waals surface area contributed by atoms with Gasteiger partial charge in [0.1, 0.15) is 11.8 Å². The molecule has 20 heavy (non-hydrogen) atoms. The van der Waals surface area contributed by atoms with E-state index in [1.54, 1.807) is 12.7 Å². The fourth-order valence-electron chi connectivity index (χ4n) is 2.66. The molecule has 1 saturated heterocycles. The molecule has 0 bridgehead atoms. The molecule has 1 aliphatic heterocycles. The van der Waals surface area contributed by atoms with Gasteiger partial charge in [-0.1, -0.05) is 6.08 Å². The third kappa shape index (κ3) is 2.35. The van der Waals surface area contributed by atoms with Crippen LogP contribution in [0, 0.1) is 17.2 Å². The number of hydrogen-bond acceptors (Lipinski definition) is 5. The summed E-state index contributed by atoms with van der Waals surface area (Å²) in [6, 6.07) is 2.19. The van der Waals surface area contributed by atoms with E-state index in [1.165, 1.54) is 0 Å². The van der Waals surface area contributed by atoms with Crippen molar-refractivity contribution in [2.45, 2.75) is 19.8 Å². The molecule has 0 amide bonds. The van der Waals surface area contributed by atoms with E-state index in [1.807, 2.05) is 6.92 Å². The van der Waals surface area contributed by atoms with Crippen LogP contribution >= 0.6 is 0 Å². The predicted molar refractivity (Wildman–Crippen MR) is 76.0 cm³/mol. The van der Waals surface area contributed by atoms with Crippen molar-refractivity contribution in [3.63, 3.8) is 0 Å². The van der Waals surface area contributed by atoms with Crippen molar-refractivity contribution in [3.8, 4) is 6.07 Å². The van der Waals surface area contributed by atoms with Crippen LogP contribution in [0.3, 0.4) is 0 Å². The number of hydrogen-bond donors (Lipinski definition) is 1. The number of fused-ring (bicyclic) bond motifs is 1. The van der Waals surface area contributed by atoms with Crippen LogP contribution in [0.4, 0.5) is 5.82 Å². The van der Waals surface area contributed by atoms with Crippen LogP contribution in [0.2, 0.25) is 0 Å². The first-order valence-electron chi connectivity index (χ1n) is 6.75. The van der Waals surface area contributed by atoms with Crippen LogP contribution in [-0.2, 0) is 0 Å². The fraction of sp³-hybridized carbons (Fsp3) is 0.429. The number of imidazole rings is 1. The first-order chi connectivity index (χ1) is 9.78. The smallest absolute Gasteiger partial charge is 0.182 e. The number of aromatic nitrogens is 4. The molecule has 1 N–H and O–H groups in total. The fourth-order valence-corrected chi connectivity index (χ4v) is 2.66. The van der Waals surface area contributed by atoms with Gasteiger partial charge in [0.25, 0.3) is 0 Å². The molecule has 0 saturated carbocycles. The maximum Gasteiger partial charge on any atom is 0.182 e. The molecule has 0 aliphatic carbocycles. The lowest BCUT2D eigenvalue weighted by molar-refractivity contribution is 0.475. The van der Waals surface area contributed by atoms with Gasteiger partial charge in [0, 0.05) is 18.7 Å². The Kier molecular flexibility index (Phi) is 3.33. The van der Waals surface area contributed by atoms with Crippen LogP contribution in [0.5, 0.6) is 0 Å². The predicted octanol–water partition coefficient (Wildman–Crippen LogP) is 2.04. The highest BCUT2D eigenvalue weighted by Crippen LogP contribution is 2.26. The lowest BCUT2D eigenvalue weighted by Crippen LogP contribution is -2.34. The molecule has 3 rings (SSSR count). The molecular weight excluding hydrogens is 252 g/mol. The molecule has 3 heterocycles. The third-order valence-electron chi connectivity index (χ3n) is 3.70. The summed E-state index contributed by atoms with van der Waals surface area (Å²) in [6.45, 7) is 3.74. The molecule has 6 nitrogen and oxygen atoms in total. The van der Waals surface area contributed by atoms with E-state index in [-0.39, 0.29) is 0 Å². The highest BCUT2D eigenvalue weighted by atomic mass is 15.2. The van der Waals surface area contributed by atoms with Crippen molar-refractivity contribution in [2.24, 2.45) is 5.92 Å². The van der Waals surface area contributed by atoms with Crippen LogP contribution in [0.25, 0.3) is 11.2 Å². The third-order valence-corrected chi connectivity index (χ3v) is 3.70. The van der Waals surface area contributed by atoms with E-state index in [0.717, 1.165) is 42.8 Å². The van der Waals surface area contributed by atoms with Gasteiger partial charge in [-0.15, -0.1) is 0 Å². The van der Waals surface area contributed by atoms with Gasteiger partial charge < -0.3 is 9.88 Å². The van der Waals surface area contributed by atoms with E-state index in [0.29, 0.717) is 11.6 Å². The molecule has 2 aromatic heterocycles. The van der Waals surface area contributed by atoms with Gasteiger partial charge in [-0.25, -0.2) is 15.0 Å². The van der Waals surface area contributed by atoms with Crippen molar-refractivity contribution in [1.29, 1.82) is 5.26 Å². The zero-order valence-electron chi connectivity index (χ0n) is 11.4. The summed E-state index contributed by atoms with van der Waals surface area (Å²) in [5, 5.41) is 8.83. The van der Waals surface area contributed by atoms with Gasteiger partial charge in [0.05, 0.1) is 12.4 Å². The van der Waals surface area contributed by atoms with Crippen LogP contribution in [0.15, 0.2) is 24.3 Å². The van der Waals surface area contributed by atoms with E-state index in [2.05, 4.69) is 37.0 Å². The number of piperidine rings is 1. The molecule has 102 valence electrons. The van der Waals surface area contributed by atoms with Crippen LogP contribution < -0.4 is 4.90 Å². The quantitative estimate of drug-likeness (QED) is 0.843. The Labute approximate surface area is 117 Å². The number of H-pyrrole nitrogens is 1. The number of nitrogens with zero attached hydrogens (tertiary/aromatic N) is 5. The summed E-state index contributed by atoms with van der Waals surface area (Å²) in [5.74, 6) is 1.41. The Bertz CT molecular complexity index is 672. The summed E-state index contributed by atoms with van der Waals surface area (Å²) in [5.41, 5.74) is 2.41. The Balaban J connectivity index is 1.76. The summed E-state index contributed by atoms with van der Waals surface area (Å²) < 4.78 is 0. The molecule has 0 unspecified atom stereocenters. The van der Waals surface area contributed by atoms with Crippen molar-refractivity contribution in [2.75, 3.05) is 18.0 Å². The van der Waals surface area contributed by atoms with Gasteiger partial charge in [0.2, 0.25) is 0 Å². The van der Waals surface area contributed by atoms with Gasteiger partial charge >= 0.3 is 0 Å². The molecule has 0 aromatic carbocycles. The van der Waals surface area contributed by atoms with E-state index >= 15 is 0 Å². The Morgan fingerprint density at radius 2 is 2.20 bits per heavy atom. The minimum Gasteiger partial charge on any atom is -0.355 e. The summed E-state index contributed by atoms with van der Waals surface area (Å²) in [6.07, 6.45) is 7.37. The lowest BCUT2D eigenvalue weighted by Gasteiger charge is -2.31. The second-order valence-electron chi connectivity index (χ2n) is 5.08. The van der Waals surface area contributed by atoms with Gasteiger partial charge in [0.15, 0.2) is 11.5 Å². The van der Waals surface area contributed by atoms with Crippen molar-refractivity contribution in [3.05, 3.63) is 24.3 Å². The second-order valence-corrected chi connectivity index (χ2v) is 5.08. The SMILES string of the molecule is C/C(C#N)=C/C1CCN(c2ncnc3nc[nH]c23)CC1. The maximum atomic E-state index is 8.83. The molecule has 6 heteroatoms. The summed E-state index contributed by atoms with van der Waals surface area (Å²) >= 11 is 0. The normalized spacial score (nSPS) is 17.4. The van der Waals surface area contributed by atoms with Gasteiger partial charge in [-0.05, 0) is 25.7 Å². The van der Waals surface area contributed by atoms with Gasteiger partial charge in [-0.3, -0.25) is 0 Å². The number of anilines is 1. The topological polar surface area (TPSA) is 81.5 Å². The molecule has 2 aromatic rings. The zero-order chi connectivity index (χ0) is 13.9. The number of allylic oxidation sites excluding steroid dienone is 2. The Morgan fingerprint density at radius 1 is 1.40 bits per heavy atom. The highest BCUT2D eigenvalue weighted by molar-refractivity contribution is 5.82. The van der Waals surface area contributed by atoms with Crippen molar-refractivity contribution >= 4 is 17.0 Å². The minimum atomic E-state index is 0.491.